The maximum atomic E-state index is 13.9. The van der Waals surface area contributed by atoms with Crippen molar-refractivity contribution in [2.45, 2.75) is 32.1 Å². The number of hydrogen-bond donors (Lipinski definition) is 1. The van der Waals surface area contributed by atoms with Crippen LogP contribution in [0.2, 0.25) is 0 Å². The normalized spacial score (nSPS) is 13.9. The summed E-state index contributed by atoms with van der Waals surface area (Å²) in [5, 5.41) is 0. The van der Waals surface area contributed by atoms with E-state index < -0.39 is 23.0 Å². The monoisotopic (exact) mass is 271 g/mol. The van der Waals surface area contributed by atoms with E-state index in [1.54, 1.807) is 13.8 Å². The second kappa shape index (κ2) is 6.61. The molecule has 0 fully saturated rings. The highest BCUT2D eigenvalue weighted by molar-refractivity contribution is 5.82. The van der Waals surface area contributed by atoms with Crippen molar-refractivity contribution in [1.29, 1.82) is 0 Å². The molecule has 106 valence electrons. The number of rotatable bonds is 6. The Labute approximate surface area is 111 Å². The zero-order valence-corrected chi connectivity index (χ0v) is 11.2. The third-order valence-corrected chi connectivity index (χ3v) is 3.13. The molecule has 0 amide bonds. The number of esters is 1. The number of ether oxygens (including phenoxy) is 1. The van der Waals surface area contributed by atoms with E-state index in [0.717, 1.165) is 18.2 Å². The molecule has 5 heteroatoms. The molecule has 0 aliphatic carbocycles. The smallest absolute Gasteiger partial charge is 0.316 e. The number of carbonyl (C=O) groups excluding carboxylic acids is 1. The Hall–Kier alpha value is -1.49. The van der Waals surface area contributed by atoms with Crippen molar-refractivity contribution in [3.8, 4) is 0 Å². The van der Waals surface area contributed by atoms with Gasteiger partial charge in [-0.2, -0.15) is 0 Å². The Morgan fingerprint density at radius 3 is 2.68 bits per heavy atom. The van der Waals surface area contributed by atoms with E-state index in [1.165, 1.54) is 0 Å². The van der Waals surface area contributed by atoms with Gasteiger partial charge >= 0.3 is 5.97 Å². The Bertz CT molecular complexity index is 451. The molecule has 0 spiro atoms. The highest BCUT2D eigenvalue weighted by Crippen LogP contribution is 2.33. The van der Waals surface area contributed by atoms with E-state index >= 15 is 0 Å². The third-order valence-electron chi connectivity index (χ3n) is 3.13. The number of hydrogen-bond acceptors (Lipinski definition) is 3. The highest BCUT2D eigenvalue weighted by Gasteiger charge is 2.38. The van der Waals surface area contributed by atoms with E-state index in [1.807, 2.05) is 0 Å². The van der Waals surface area contributed by atoms with Gasteiger partial charge in [-0.05, 0) is 51.4 Å². The van der Waals surface area contributed by atoms with Crippen molar-refractivity contribution in [2.24, 2.45) is 5.73 Å². The first-order valence-electron chi connectivity index (χ1n) is 6.28. The summed E-state index contributed by atoms with van der Waals surface area (Å²) in [7, 11) is 0. The van der Waals surface area contributed by atoms with Gasteiger partial charge in [0, 0.05) is 5.56 Å². The van der Waals surface area contributed by atoms with E-state index in [4.69, 9.17) is 10.5 Å². The van der Waals surface area contributed by atoms with Crippen molar-refractivity contribution in [1.82, 2.24) is 0 Å². The molecule has 0 saturated heterocycles. The summed E-state index contributed by atoms with van der Waals surface area (Å²) in [4.78, 5) is 12.1. The van der Waals surface area contributed by atoms with Crippen LogP contribution in [0.25, 0.3) is 0 Å². The maximum Gasteiger partial charge on any atom is 0.316 e. The van der Waals surface area contributed by atoms with E-state index in [9.17, 15) is 13.6 Å². The lowest BCUT2D eigenvalue weighted by Gasteiger charge is -2.28. The molecule has 0 aliphatic heterocycles. The number of halogens is 2. The van der Waals surface area contributed by atoms with Gasteiger partial charge in [0.2, 0.25) is 0 Å². The minimum Gasteiger partial charge on any atom is -0.465 e. The molecule has 3 nitrogen and oxygen atoms in total. The molecule has 0 saturated carbocycles. The molecule has 19 heavy (non-hydrogen) atoms. The van der Waals surface area contributed by atoms with Crippen molar-refractivity contribution in [3.63, 3.8) is 0 Å². The third kappa shape index (κ3) is 3.50. The number of benzene rings is 1. The number of nitrogens with two attached hydrogens (primary N) is 1. The van der Waals surface area contributed by atoms with Gasteiger partial charge in [0.05, 0.1) is 12.0 Å². The molecule has 0 heterocycles. The van der Waals surface area contributed by atoms with E-state index in [0.29, 0.717) is 19.4 Å². The van der Waals surface area contributed by atoms with Crippen LogP contribution in [-0.4, -0.2) is 19.1 Å². The minimum atomic E-state index is -1.22. The van der Waals surface area contributed by atoms with Crippen LogP contribution >= 0.6 is 0 Å². The van der Waals surface area contributed by atoms with Gasteiger partial charge in [-0.1, -0.05) is 0 Å². The lowest BCUT2D eigenvalue weighted by Crippen LogP contribution is -2.36. The number of carbonyl (C=O) groups is 1. The SMILES string of the molecule is CCOC(=O)C(C)(CCCN)c1cc(F)ccc1F. The standard InChI is InChI=1S/C14H19F2NO2/c1-3-19-13(18)14(2,7-4-8-17)11-9-10(15)5-6-12(11)16/h5-6,9H,3-4,7-8,17H2,1-2H3. The van der Waals surface area contributed by atoms with Crippen LogP contribution in [0.1, 0.15) is 32.3 Å². The fraction of sp³-hybridized carbons (Fsp3) is 0.500. The molecule has 1 atom stereocenters. The summed E-state index contributed by atoms with van der Waals surface area (Å²) < 4.78 is 32.2. The second-order valence-corrected chi connectivity index (χ2v) is 4.57. The van der Waals surface area contributed by atoms with Crippen LogP contribution < -0.4 is 5.73 Å². The van der Waals surface area contributed by atoms with Crippen LogP contribution in [0, 0.1) is 11.6 Å². The minimum absolute atomic E-state index is 0.0133. The average Bonchev–Trinajstić information content (AvgIpc) is 2.39. The first-order valence-corrected chi connectivity index (χ1v) is 6.28. The van der Waals surface area contributed by atoms with Crippen LogP contribution in [-0.2, 0) is 14.9 Å². The fourth-order valence-corrected chi connectivity index (χ4v) is 2.01. The molecule has 0 aromatic heterocycles. The molecular formula is C14H19F2NO2. The lowest BCUT2D eigenvalue weighted by molar-refractivity contribution is -0.150. The van der Waals surface area contributed by atoms with Gasteiger partial charge < -0.3 is 10.5 Å². The predicted octanol–water partition coefficient (Wildman–Crippen LogP) is 2.52. The summed E-state index contributed by atoms with van der Waals surface area (Å²) in [6.07, 6.45) is 0.827. The molecule has 0 radical (unpaired) electrons. The molecule has 0 aliphatic rings. The van der Waals surface area contributed by atoms with Gasteiger partial charge in [-0.3, -0.25) is 4.79 Å². The molecule has 1 aromatic carbocycles. The molecule has 1 rings (SSSR count). The van der Waals surface area contributed by atoms with Crippen molar-refractivity contribution in [2.75, 3.05) is 13.2 Å². The molecule has 1 unspecified atom stereocenters. The first-order chi connectivity index (χ1) is 8.95. The van der Waals surface area contributed by atoms with Gasteiger partial charge in [0.1, 0.15) is 11.6 Å². The van der Waals surface area contributed by atoms with Crippen molar-refractivity contribution < 1.29 is 18.3 Å². The maximum absolute atomic E-state index is 13.9. The second-order valence-electron chi connectivity index (χ2n) is 4.57. The van der Waals surface area contributed by atoms with Crippen LogP contribution in [0.4, 0.5) is 8.78 Å². The van der Waals surface area contributed by atoms with Gasteiger partial charge in [-0.15, -0.1) is 0 Å². The summed E-state index contributed by atoms with van der Waals surface area (Å²) in [5.41, 5.74) is 4.23. The summed E-state index contributed by atoms with van der Waals surface area (Å²) in [6.45, 7) is 3.78. The molecule has 1 aromatic rings. The molecule has 2 N–H and O–H groups in total. The Kier molecular flexibility index (Phi) is 5.42. The average molecular weight is 271 g/mol. The van der Waals surface area contributed by atoms with Crippen LogP contribution in [0.5, 0.6) is 0 Å². The van der Waals surface area contributed by atoms with E-state index in [-0.39, 0.29) is 12.2 Å². The summed E-state index contributed by atoms with van der Waals surface area (Å²) >= 11 is 0. The topological polar surface area (TPSA) is 52.3 Å². The highest BCUT2D eigenvalue weighted by atomic mass is 19.1. The zero-order valence-electron chi connectivity index (χ0n) is 11.2. The van der Waals surface area contributed by atoms with Crippen molar-refractivity contribution >= 4 is 5.97 Å². The summed E-state index contributed by atoms with van der Waals surface area (Å²) in [5.74, 6) is -1.76. The summed E-state index contributed by atoms with van der Waals surface area (Å²) in [6, 6.07) is 3.08. The zero-order chi connectivity index (χ0) is 14.5. The Balaban J connectivity index is 3.21. The van der Waals surface area contributed by atoms with Crippen molar-refractivity contribution in [3.05, 3.63) is 35.4 Å². The van der Waals surface area contributed by atoms with Crippen LogP contribution in [0.3, 0.4) is 0 Å². The molecular weight excluding hydrogens is 252 g/mol. The quantitative estimate of drug-likeness (QED) is 0.809. The van der Waals surface area contributed by atoms with E-state index in [2.05, 4.69) is 0 Å². The molecule has 0 bridgehead atoms. The first kappa shape index (κ1) is 15.6. The lowest BCUT2D eigenvalue weighted by atomic mass is 9.78. The Morgan fingerprint density at radius 2 is 2.11 bits per heavy atom. The Morgan fingerprint density at radius 1 is 1.42 bits per heavy atom. The predicted molar refractivity (Wildman–Crippen MR) is 68.6 cm³/mol. The van der Waals surface area contributed by atoms with Gasteiger partial charge in [-0.25, -0.2) is 8.78 Å². The fourth-order valence-electron chi connectivity index (χ4n) is 2.01. The largest absolute Gasteiger partial charge is 0.465 e. The van der Waals surface area contributed by atoms with Gasteiger partial charge in [0.25, 0.3) is 0 Å². The van der Waals surface area contributed by atoms with Gasteiger partial charge in [0.15, 0.2) is 0 Å². The van der Waals surface area contributed by atoms with Crippen LogP contribution in [0.15, 0.2) is 18.2 Å².